The maximum atomic E-state index is 12.7. The average molecular weight is 467 g/mol. The molecule has 0 saturated heterocycles. The van der Waals surface area contributed by atoms with Crippen LogP contribution in [0.2, 0.25) is 0 Å². The number of aromatic nitrogens is 3. The molecule has 3 aromatic rings. The van der Waals surface area contributed by atoms with Gasteiger partial charge in [0.05, 0.1) is 6.61 Å². The second kappa shape index (κ2) is 8.90. The Bertz CT molecular complexity index is 1210. The van der Waals surface area contributed by atoms with Crippen molar-refractivity contribution >= 4 is 23.8 Å². The number of benzene rings is 2. The summed E-state index contributed by atoms with van der Waals surface area (Å²) < 4.78 is 19.9. The molecule has 0 atom stereocenters. The third-order valence-electron chi connectivity index (χ3n) is 5.93. The molecule has 1 aliphatic carbocycles. The van der Waals surface area contributed by atoms with E-state index in [0.717, 1.165) is 42.7 Å². The van der Waals surface area contributed by atoms with Crippen molar-refractivity contribution in [2.45, 2.75) is 51.4 Å². The van der Waals surface area contributed by atoms with E-state index in [0.29, 0.717) is 35.2 Å². The Morgan fingerprint density at radius 1 is 1.18 bits per heavy atom. The van der Waals surface area contributed by atoms with Crippen LogP contribution in [-0.2, 0) is 11.3 Å². The number of H-pyrrole nitrogens is 1. The minimum absolute atomic E-state index is 0.120. The fourth-order valence-corrected chi connectivity index (χ4v) is 4.56. The van der Waals surface area contributed by atoms with Gasteiger partial charge in [0.2, 0.25) is 5.91 Å². The highest BCUT2D eigenvalue weighted by Crippen LogP contribution is 2.47. The fraction of sp³-hybridized carbons (Fsp3) is 0.375. The summed E-state index contributed by atoms with van der Waals surface area (Å²) in [6, 6.07) is 13.2. The molecule has 1 fully saturated rings. The zero-order valence-corrected chi connectivity index (χ0v) is 19.2. The summed E-state index contributed by atoms with van der Waals surface area (Å²) >= 11 is 5.38. The maximum Gasteiger partial charge on any atom is 0.251 e. The van der Waals surface area contributed by atoms with Crippen molar-refractivity contribution in [2.75, 3.05) is 11.9 Å². The van der Waals surface area contributed by atoms with Crippen molar-refractivity contribution in [1.29, 1.82) is 0 Å². The van der Waals surface area contributed by atoms with Crippen LogP contribution in [0.15, 0.2) is 42.5 Å². The van der Waals surface area contributed by atoms with Crippen LogP contribution in [0.4, 0.5) is 5.69 Å². The fourth-order valence-electron chi connectivity index (χ4n) is 4.34. The van der Waals surface area contributed by atoms with E-state index in [1.54, 1.807) is 0 Å². The lowest BCUT2D eigenvalue weighted by molar-refractivity contribution is -0.116. The number of aromatic amines is 1. The van der Waals surface area contributed by atoms with Crippen LogP contribution in [0.5, 0.6) is 17.2 Å². The molecule has 2 aliphatic rings. The molecule has 9 heteroatoms. The van der Waals surface area contributed by atoms with Crippen molar-refractivity contribution in [3.63, 3.8) is 0 Å². The molecule has 1 amide bonds. The quantitative estimate of drug-likeness (QED) is 0.472. The molecule has 5 rings (SSSR count). The molecular formula is C24H26N4O4S. The summed E-state index contributed by atoms with van der Waals surface area (Å²) in [6.07, 6.45) is 4.24. The molecule has 1 aromatic heterocycles. The second-order valence-corrected chi connectivity index (χ2v) is 8.63. The zero-order valence-electron chi connectivity index (χ0n) is 18.4. The van der Waals surface area contributed by atoms with Crippen LogP contribution >= 0.6 is 12.2 Å². The molecule has 33 heavy (non-hydrogen) atoms. The van der Waals surface area contributed by atoms with E-state index in [2.05, 4.69) is 15.5 Å². The molecule has 8 nitrogen and oxygen atoms in total. The minimum Gasteiger partial charge on any atom is -0.494 e. The first kappa shape index (κ1) is 21.5. The van der Waals surface area contributed by atoms with E-state index in [4.69, 9.17) is 26.4 Å². The third-order valence-corrected chi connectivity index (χ3v) is 6.24. The van der Waals surface area contributed by atoms with Gasteiger partial charge in [-0.1, -0.05) is 0 Å². The topological polar surface area (TPSA) is 90.4 Å². The Morgan fingerprint density at radius 2 is 1.94 bits per heavy atom. The molecule has 0 radical (unpaired) electrons. The SMILES string of the molecule is CCOc1ccc(-c2n[nH]c(=S)n2CCC(=O)Nc2ccc3c(c2)OC2(CCCC2)O3)cc1. The van der Waals surface area contributed by atoms with Gasteiger partial charge in [0.25, 0.3) is 5.79 Å². The van der Waals surface area contributed by atoms with Gasteiger partial charge < -0.3 is 19.5 Å². The van der Waals surface area contributed by atoms with Gasteiger partial charge in [-0.05, 0) is 68.4 Å². The lowest BCUT2D eigenvalue weighted by Gasteiger charge is -2.21. The van der Waals surface area contributed by atoms with E-state index >= 15 is 0 Å². The van der Waals surface area contributed by atoms with Crippen LogP contribution in [0.3, 0.4) is 0 Å². The van der Waals surface area contributed by atoms with Crippen molar-refractivity contribution in [1.82, 2.24) is 14.8 Å². The number of carbonyl (C=O) groups excluding carboxylic acids is 1. The predicted molar refractivity (Wildman–Crippen MR) is 126 cm³/mol. The standard InChI is InChI=1S/C24H26N4O4S/c1-2-30-18-8-5-16(6-9-18)22-26-27-23(33)28(22)14-11-21(29)25-17-7-10-19-20(15-17)32-24(31-19)12-3-4-13-24/h5-10,15H,2-4,11-14H2,1H3,(H,25,29)(H,27,33). The van der Waals surface area contributed by atoms with Crippen molar-refractivity contribution in [3.05, 3.63) is 47.2 Å². The smallest absolute Gasteiger partial charge is 0.251 e. The maximum absolute atomic E-state index is 12.7. The molecule has 1 spiro atoms. The zero-order chi connectivity index (χ0) is 22.8. The number of ether oxygens (including phenoxy) is 3. The summed E-state index contributed by atoms with van der Waals surface area (Å²) in [4.78, 5) is 12.7. The summed E-state index contributed by atoms with van der Waals surface area (Å²) in [7, 11) is 0. The number of hydrogen-bond acceptors (Lipinski definition) is 6. The van der Waals surface area contributed by atoms with E-state index in [9.17, 15) is 4.79 Å². The Hall–Kier alpha value is -3.33. The highest BCUT2D eigenvalue weighted by Gasteiger charge is 2.44. The van der Waals surface area contributed by atoms with Crippen LogP contribution in [0, 0.1) is 4.77 Å². The Morgan fingerprint density at radius 3 is 2.70 bits per heavy atom. The second-order valence-electron chi connectivity index (χ2n) is 8.24. The van der Waals surface area contributed by atoms with Gasteiger partial charge in [0.1, 0.15) is 5.75 Å². The molecule has 2 heterocycles. The van der Waals surface area contributed by atoms with Crippen LogP contribution < -0.4 is 19.5 Å². The molecule has 1 aliphatic heterocycles. The summed E-state index contributed by atoms with van der Waals surface area (Å²) in [5, 5.41) is 10.1. The highest BCUT2D eigenvalue weighted by molar-refractivity contribution is 7.71. The molecule has 2 aromatic carbocycles. The number of fused-ring (bicyclic) bond motifs is 1. The van der Waals surface area contributed by atoms with Gasteiger partial charge in [-0.3, -0.25) is 14.5 Å². The van der Waals surface area contributed by atoms with E-state index in [1.165, 1.54) is 0 Å². The van der Waals surface area contributed by atoms with Crippen molar-refractivity contribution in [2.24, 2.45) is 0 Å². The van der Waals surface area contributed by atoms with Crippen LogP contribution in [0.25, 0.3) is 11.4 Å². The largest absolute Gasteiger partial charge is 0.494 e. The predicted octanol–water partition coefficient (Wildman–Crippen LogP) is 5.08. The van der Waals surface area contributed by atoms with Crippen LogP contribution in [-0.4, -0.2) is 33.1 Å². The minimum atomic E-state index is -0.514. The van der Waals surface area contributed by atoms with E-state index in [-0.39, 0.29) is 12.3 Å². The van der Waals surface area contributed by atoms with Gasteiger partial charge in [0.15, 0.2) is 22.1 Å². The number of anilines is 1. The number of nitrogens with one attached hydrogen (secondary N) is 2. The number of hydrogen-bond donors (Lipinski definition) is 2. The van der Waals surface area contributed by atoms with Gasteiger partial charge in [-0.25, -0.2) is 0 Å². The molecule has 2 N–H and O–H groups in total. The lowest BCUT2D eigenvalue weighted by Crippen LogP contribution is -2.34. The van der Waals surface area contributed by atoms with Crippen LogP contribution in [0.1, 0.15) is 39.0 Å². The van der Waals surface area contributed by atoms with Crippen molar-refractivity contribution in [3.8, 4) is 28.6 Å². The summed E-state index contributed by atoms with van der Waals surface area (Å²) in [5.74, 6) is 2.26. The third kappa shape index (κ3) is 4.45. The monoisotopic (exact) mass is 466 g/mol. The summed E-state index contributed by atoms with van der Waals surface area (Å²) in [5.41, 5.74) is 1.57. The normalized spacial score (nSPS) is 15.7. The number of nitrogens with zero attached hydrogens (tertiary/aromatic N) is 2. The Labute approximate surface area is 196 Å². The van der Waals surface area contributed by atoms with Crippen molar-refractivity contribution < 1.29 is 19.0 Å². The van der Waals surface area contributed by atoms with Gasteiger partial charge >= 0.3 is 0 Å². The Kier molecular flexibility index (Phi) is 5.80. The number of rotatable bonds is 7. The first-order valence-electron chi connectivity index (χ1n) is 11.3. The number of amides is 1. The first-order valence-corrected chi connectivity index (χ1v) is 11.7. The lowest BCUT2D eigenvalue weighted by atomic mass is 10.2. The molecular weight excluding hydrogens is 440 g/mol. The van der Waals surface area contributed by atoms with Gasteiger partial charge in [-0.15, -0.1) is 0 Å². The highest BCUT2D eigenvalue weighted by atomic mass is 32.1. The average Bonchev–Trinajstić information content (AvgIpc) is 3.51. The number of carbonyl (C=O) groups is 1. The van der Waals surface area contributed by atoms with E-state index < -0.39 is 5.79 Å². The molecule has 172 valence electrons. The first-order chi connectivity index (χ1) is 16.0. The Balaban J connectivity index is 1.23. The molecule has 0 unspecified atom stereocenters. The summed E-state index contributed by atoms with van der Waals surface area (Å²) in [6.45, 7) is 2.95. The van der Waals surface area contributed by atoms with E-state index in [1.807, 2.05) is 54.0 Å². The van der Waals surface area contributed by atoms with Gasteiger partial charge in [0, 0.05) is 43.1 Å². The molecule has 1 saturated carbocycles. The molecule has 0 bridgehead atoms. The van der Waals surface area contributed by atoms with Gasteiger partial charge in [-0.2, -0.15) is 5.10 Å².